The van der Waals surface area contributed by atoms with Crippen molar-refractivity contribution < 1.29 is 4.57 Å². The fourth-order valence-electron chi connectivity index (χ4n) is 5.78. The SMILES string of the molecule is Cc1cc(-c2ccccc2C(C)C)ncc1-c1n(-c2c(C(C)C)cccc2C(C)C)c2ccccc2[n+]1C. The maximum Gasteiger partial charge on any atom is 0.296 e. The summed E-state index contributed by atoms with van der Waals surface area (Å²) in [5.41, 5.74) is 12.4. The molecule has 38 heavy (non-hydrogen) atoms. The molecular weight excluding hydrogens is 462 g/mol. The molecule has 0 amide bonds. The smallest absolute Gasteiger partial charge is 0.255 e. The summed E-state index contributed by atoms with van der Waals surface area (Å²) in [7, 11) is 2.18. The van der Waals surface area contributed by atoms with Crippen molar-refractivity contribution in [1.82, 2.24) is 9.55 Å². The lowest BCUT2D eigenvalue weighted by Crippen LogP contribution is -2.30. The number of benzene rings is 3. The summed E-state index contributed by atoms with van der Waals surface area (Å²) >= 11 is 0. The molecule has 0 aliphatic carbocycles. The maximum absolute atomic E-state index is 5.06. The second-order valence-corrected chi connectivity index (χ2v) is 11.4. The Morgan fingerprint density at radius 2 is 1.26 bits per heavy atom. The first-order valence-electron chi connectivity index (χ1n) is 13.9. The van der Waals surface area contributed by atoms with Crippen LogP contribution >= 0.6 is 0 Å². The van der Waals surface area contributed by atoms with Gasteiger partial charge in [0, 0.05) is 22.9 Å². The van der Waals surface area contributed by atoms with Gasteiger partial charge >= 0.3 is 0 Å². The van der Waals surface area contributed by atoms with Gasteiger partial charge in [-0.1, -0.05) is 96.1 Å². The number of fused-ring (bicyclic) bond motifs is 1. The summed E-state index contributed by atoms with van der Waals surface area (Å²) in [6, 6.07) is 26.5. The molecule has 0 bridgehead atoms. The Morgan fingerprint density at radius 1 is 0.684 bits per heavy atom. The normalized spacial score (nSPS) is 11.9. The van der Waals surface area contributed by atoms with E-state index in [-0.39, 0.29) is 0 Å². The van der Waals surface area contributed by atoms with Gasteiger partial charge in [0.15, 0.2) is 11.0 Å². The van der Waals surface area contributed by atoms with Crippen LogP contribution in [0.25, 0.3) is 39.4 Å². The van der Waals surface area contributed by atoms with E-state index in [2.05, 4.69) is 144 Å². The van der Waals surface area contributed by atoms with Gasteiger partial charge in [-0.15, -0.1) is 0 Å². The van der Waals surface area contributed by atoms with Gasteiger partial charge in [-0.2, -0.15) is 4.57 Å². The summed E-state index contributed by atoms with van der Waals surface area (Å²) in [4.78, 5) is 5.06. The third-order valence-corrected chi connectivity index (χ3v) is 7.79. The van der Waals surface area contributed by atoms with Crippen LogP contribution in [-0.2, 0) is 7.05 Å². The molecule has 2 aromatic heterocycles. The van der Waals surface area contributed by atoms with Crippen LogP contribution in [0.4, 0.5) is 0 Å². The van der Waals surface area contributed by atoms with Crippen molar-refractivity contribution in [3.63, 3.8) is 0 Å². The summed E-state index contributed by atoms with van der Waals surface area (Å²) in [6.07, 6.45) is 2.08. The lowest BCUT2D eigenvalue weighted by molar-refractivity contribution is -0.633. The van der Waals surface area contributed by atoms with Gasteiger partial charge in [0.2, 0.25) is 0 Å². The highest BCUT2D eigenvalue weighted by Gasteiger charge is 2.31. The predicted octanol–water partition coefficient (Wildman–Crippen LogP) is 8.86. The fraction of sp³-hybridized carbons (Fsp3) is 0.314. The number of hydrogen-bond donors (Lipinski definition) is 0. The van der Waals surface area contributed by atoms with Gasteiger partial charge in [0.05, 0.1) is 18.3 Å². The Kier molecular flexibility index (Phi) is 6.96. The first-order valence-corrected chi connectivity index (χ1v) is 13.9. The fourth-order valence-corrected chi connectivity index (χ4v) is 5.78. The van der Waals surface area contributed by atoms with Gasteiger partial charge in [0.1, 0.15) is 5.69 Å². The van der Waals surface area contributed by atoms with E-state index >= 15 is 0 Å². The molecule has 0 fully saturated rings. The van der Waals surface area contributed by atoms with Crippen molar-refractivity contribution in [3.05, 3.63) is 101 Å². The first kappa shape index (κ1) is 25.9. The molecule has 3 aromatic carbocycles. The van der Waals surface area contributed by atoms with Crippen LogP contribution < -0.4 is 4.57 Å². The third kappa shape index (κ3) is 4.34. The Bertz CT molecular complexity index is 1590. The summed E-state index contributed by atoms with van der Waals surface area (Å²) in [5.74, 6) is 2.40. The number of pyridine rings is 1. The molecule has 5 rings (SSSR count). The summed E-state index contributed by atoms with van der Waals surface area (Å²) < 4.78 is 4.83. The lowest BCUT2D eigenvalue weighted by Gasteiger charge is -2.18. The number of imidazole rings is 1. The van der Waals surface area contributed by atoms with E-state index in [0.717, 1.165) is 17.1 Å². The highest BCUT2D eigenvalue weighted by molar-refractivity contribution is 5.81. The van der Waals surface area contributed by atoms with Crippen molar-refractivity contribution in [2.45, 2.75) is 66.2 Å². The number of para-hydroxylation sites is 3. The highest BCUT2D eigenvalue weighted by Crippen LogP contribution is 2.38. The molecule has 0 unspecified atom stereocenters. The average Bonchev–Trinajstić information content (AvgIpc) is 3.19. The molecular formula is C35H40N3+. The molecule has 0 radical (unpaired) electrons. The van der Waals surface area contributed by atoms with E-state index in [9.17, 15) is 0 Å². The summed E-state index contributed by atoms with van der Waals surface area (Å²) in [5, 5.41) is 0. The Morgan fingerprint density at radius 3 is 1.89 bits per heavy atom. The van der Waals surface area contributed by atoms with Crippen LogP contribution in [0.2, 0.25) is 0 Å². The molecule has 0 aliphatic heterocycles. The molecule has 0 saturated carbocycles. The van der Waals surface area contributed by atoms with Crippen molar-refractivity contribution >= 4 is 11.0 Å². The Balaban J connectivity index is 1.82. The molecule has 194 valence electrons. The van der Waals surface area contributed by atoms with Gasteiger partial charge in [-0.05, 0) is 54.0 Å². The molecule has 2 heterocycles. The molecule has 0 aliphatic rings. The van der Waals surface area contributed by atoms with Gasteiger partial charge in [-0.3, -0.25) is 4.98 Å². The molecule has 0 saturated heterocycles. The van der Waals surface area contributed by atoms with E-state index in [4.69, 9.17) is 4.98 Å². The molecule has 5 aromatic rings. The zero-order chi connectivity index (χ0) is 27.1. The molecule has 3 nitrogen and oxygen atoms in total. The minimum Gasteiger partial charge on any atom is -0.255 e. The highest BCUT2D eigenvalue weighted by atomic mass is 15.2. The van der Waals surface area contributed by atoms with E-state index < -0.39 is 0 Å². The zero-order valence-electron chi connectivity index (χ0n) is 24.1. The third-order valence-electron chi connectivity index (χ3n) is 7.79. The van der Waals surface area contributed by atoms with Crippen molar-refractivity contribution in [2.75, 3.05) is 0 Å². The van der Waals surface area contributed by atoms with Crippen LogP contribution in [0, 0.1) is 6.92 Å². The Labute approximate surface area is 227 Å². The number of aryl methyl sites for hydroxylation is 2. The van der Waals surface area contributed by atoms with Crippen LogP contribution in [-0.4, -0.2) is 9.55 Å². The topological polar surface area (TPSA) is 21.7 Å². The van der Waals surface area contributed by atoms with Crippen molar-refractivity contribution in [1.29, 1.82) is 0 Å². The standard InChI is InChI=1S/C35H40N3/c1-22(2)26-14-9-10-15-29(26)31-20-25(7)30(21-36-31)35-37(8)32-18-11-12-19-33(32)38(35)34-27(23(3)4)16-13-17-28(34)24(5)6/h9-24H,1-8H3/q+1. The quantitative estimate of drug-likeness (QED) is 0.213. The molecule has 0 atom stereocenters. The second-order valence-electron chi connectivity index (χ2n) is 11.4. The predicted molar refractivity (Wildman–Crippen MR) is 160 cm³/mol. The molecule has 3 heteroatoms. The van der Waals surface area contributed by atoms with Crippen LogP contribution in [0.5, 0.6) is 0 Å². The van der Waals surface area contributed by atoms with E-state index in [1.54, 1.807) is 0 Å². The van der Waals surface area contributed by atoms with Crippen LogP contribution in [0.15, 0.2) is 79.0 Å². The van der Waals surface area contributed by atoms with Gasteiger partial charge in [0.25, 0.3) is 5.82 Å². The number of hydrogen-bond acceptors (Lipinski definition) is 1. The number of rotatable bonds is 6. The van der Waals surface area contributed by atoms with Crippen molar-refractivity contribution in [2.24, 2.45) is 7.05 Å². The van der Waals surface area contributed by atoms with Gasteiger partial charge in [-0.25, -0.2) is 4.57 Å². The van der Waals surface area contributed by atoms with Crippen LogP contribution in [0.1, 0.15) is 81.5 Å². The molecule has 0 N–H and O–H groups in total. The van der Waals surface area contributed by atoms with E-state index in [1.165, 1.54) is 44.5 Å². The lowest BCUT2D eigenvalue weighted by atomic mass is 9.92. The van der Waals surface area contributed by atoms with Crippen molar-refractivity contribution in [3.8, 4) is 28.3 Å². The minimum absolute atomic E-state index is 0.400. The zero-order valence-corrected chi connectivity index (χ0v) is 24.1. The van der Waals surface area contributed by atoms with E-state index in [0.29, 0.717) is 17.8 Å². The average molecular weight is 503 g/mol. The van der Waals surface area contributed by atoms with E-state index in [1.807, 2.05) is 0 Å². The number of aromatic nitrogens is 3. The number of nitrogens with zero attached hydrogens (tertiary/aromatic N) is 3. The first-order chi connectivity index (χ1) is 18.2. The minimum atomic E-state index is 0.400. The molecule has 0 spiro atoms. The van der Waals surface area contributed by atoms with Crippen LogP contribution in [0.3, 0.4) is 0 Å². The van der Waals surface area contributed by atoms with Gasteiger partial charge < -0.3 is 0 Å². The monoisotopic (exact) mass is 502 g/mol. The largest absolute Gasteiger partial charge is 0.296 e. The Hall–Kier alpha value is -3.72. The summed E-state index contributed by atoms with van der Waals surface area (Å²) in [6.45, 7) is 15.9. The maximum atomic E-state index is 5.06. The second kappa shape index (κ2) is 10.2.